The molecular weight excluding hydrogens is 507 g/mol. The minimum absolute atomic E-state index is 0.285. The molecule has 0 saturated heterocycles. The number of carbonyl (C=O) groups excluding carboxylic acids is 2. The molecule has 0 unspecified atom stereocenters. The van der Waals surface area contributed by atoms with E-state index in [0.717, 1.165) is 16.9 Å². The van der Waals surface area contributed by atoms with E-state index in [0.29, 0.717) is 27.0 Å². The number of carbonyl (C=O) groups is 2. The summed E-state index contributed by atoms with van der Waals surface area (Å²) in [5.74, 6) is -1.13. The second kappa shape index (κ2) is 10.5. The Morgan fingerprint density at radius 3 is 2.36 bits per heavy atom. The summed E-state index contributed by atoms with van der Waals surface area (Å²) >= 11 is 4.54. The highest BCUT2D eigenvalue weighted by Gasteiger charge is 2.24. The van der Waals surface area contributed by atoms with Gasteiger partial charge in [0.05, 0.1) is 5.56 Å². The van der Waals surface area contributed by atoms with Gasteiger partial charge in [-0.25, -0.2) is 4.39 Å². The number of hydrogen-bond donors (Lipinski definition) is 2. The first-order chi connectivity index (χ1) is 16.0. The fraction of sp³-hybridized carbons (Fsp3) is 0.0833. The summed E-state index contributed by atoms with van der Waals surface area (Å²) in [7, 11) is 0. The van der Waals surface area contributed by atoms with Gasteiger partial charge in [-0.15, -0.1) is 10.2 Å². The molecule has 6 nitrogen and oxygen atoms in total. The van der Waals surface area contributed by atoms with Gasteiger partial charge in [-0.05, 0) is 57.9 Å². The molecule has 2 amide bonds. The van der Waals surface area contributed by atoms with Crippen LogP contribution in [0.4, 0.5) is 9.52 Å². The highest BCUT2D eigenvalue weighted by atomic mass is 79.9. The van der Waals surface area contributed by atoms with Crippen LogP contribution in [0, 0.1) is 5.82 Å². The maximum absolute atomic E-state index is 13.2. The van der Waals surface area contributed by atoms with E-state index in [1.165, 1.54) is 12.1 Å². The SMILES string of the molecule is O=C(N[C@H](Cc1ccccc1)C(=O)Nc1nnc(-c2ccc(F)cc2)s1)c1ccccc1Br. The van der Waals surface area contributed by atoms with E-state index < -0.39 is 11.9 Å². The van der Waals surface area contributed by atoms with Crippen molar-refractivity contribution in [2.75, 3.05) is 5.32 Å². The lowest BCUT2D eigenvalue weighted by molar-refractivity contribution is -0.118. The molecule has 0 spiro atoms. The second-order valence-electron chi connectivity index (χ2n) is 7.10. The molecule has 0 saturated carbocycles. The van der Waals surface area contributed by atoms with Crippen molar-refractivity contribution in [3.63, 3.8) is 0 Å². The van der Waals surface area contributed by atoms with Crippen molar-refractivity contribution in [2.24, 2.45) is 0 Å². The Morgan fingerprint density at radius 1 is 0.939 bits per heavy atom. The Labute approximate surface area is 202 Å². The number of rotatable bonds is 7. The fourth-order valence-corrected chi connectivity index (χ4v) is 4.33. The third kappa shape index (κ3) is 5.88. The lowest BCUT2D eigenvalue weighted by Gasteiger charge is -2.18. The van der Waals surface area contributed by atoms with Gasteiger partial charge in [0.15, 0.2) is 0 Å². The largest absolute Gasteiger partial charge is 0.340 e. The average molecular weight is 525 g/mol. The first-order valence-corrected chi connectivity index (χ1v) is 11.6. The summed E-state index contributed by atoms with van der Waals surface area (Å²) in [5, 5.41) is 14.5. The highest BCUT2D eigenvalue weighted by molar-refractivity contribution is 9.10. The molecule has 1 heterocycles. The van der Waals surface area contributed by atoms with Crippen LogP contribution in [-0.4, -0.2) is 28.1 Å². The second-order valence-corrected chi connectivity index (χ2v) is 8.94. The molecule has 0 aliphatic rings. The van der Waals surface area contributed by atoms with E-state index in [9.17, 15) is 14.0 Å². The molecular formula is C24H18BrFN4O2S. The molecule has 33 heavy (non-hydrogen) atoms. The lowest BCUT2D eigenvalue weighted by Crippen LogP contribution is -2.45. The Bertz CT molecular complexity index is 1260. The smallest absolute Gasteiger partial charge is 0.253 e. The van der Waals surface area contributed by atoms with Crippen LogP contribution in [0.15, 0.2) is 83.3 Å². The third-order valence-electron chi connectivity index (χ3n) is 4.77. The quantitative estimate of drug-likeness (QED) is 0.352. The number of aromatic nitrogens is 2. The maximum atomic E-state index is 13.2. The Morgan fingerprint density at radius 2 is 1.64 bits per heavy atom. The first kappa shape index (κ1) is 22.8. The van der Waals surface area contributed by atoms with Gasteiger partial charge >= 0.3 is 0 Å². The number of hydrogen-bond acceptors (Lipinski definition) is 5. The van der Waals surface area contributed by atoms with Gasteiger partial charge in [-0.1, -0.05) is 53.8 Å². The Kier molecular flexibility index (Phi) is 7.21. The van der Waals surface area contributed by atoms with Gasteiger partial charge in [0.2, 0.25) is 11.0 Å². The zero-order chi connectivity index (χ0) is 23.2. The maximum Gasteiger partial charge on any atom is 0.253 e. The molecule has 4 rings (SSSR count). The standard InChI is InChI=1S/C24H18BrFN4O2S/c25-19-9-5-4-8-18(19)21(31)27-20(14-15-6-2-1-3-7-15)22(32)28-24-30-29-23(33-24)16-10-12-17(26)13-11-16/h1-13,20H,14H2,(H,27,31)(H,28,30,32)/t20-/m1/s1. The summed E-state index contributed by atoms with van der Waals surface area (Å²) < 4.78 is 13.8. The Hall–Kier alpha value is -3.43. The van der Waals surface area contributed by atoms with Gasteiger partial charge < -0.3 is 5.32 Å². The summed E-state index contributed by atoms with van der Waals surface area (Å²) in [4.78, 5) is 26.0. The molecule has 9 heteroatoms. The number of nitrogens with one attached hydrogen (secondary N) is 2. The van der Waals surface area contributed by atoms with Crippen LogP contribution in [0.25, 0.3) is 10.6 Å². The molecule has 0 fully saturated rings. The van der Waals surface area contributed by atoms with E-state index in [2.05, 4.69) is 36.8 Å². The number of nitrogens with zero attached hydrogens (tertiary/aromatic N) is 2. The monoisotopic (exact) mass is 524 g/mol. The molecule has 0 radical (unpaired) electrons. The van der Waals surface area contributed by atoms with Gasteiger partial charge in [0, 0.05) is 16.5 Å². The van der Waals surface area contributed by atoms with E-state index in [1.54, 1.807) is 30.3 Å². The van der Waals surface area contributed by atoms with Crippen LogP contribution in [0.3, 0.4) is 0 Å². The molecule has 1 atom stereocenters. The summed E-state index contributed by atoms with van der Waals surface area (Å²) in [5.41, 5.74) is 2.02. The molecule has 0 aliphatic heterocycles. The third-order valence-corrected chi connectivity index (χ3v) is 6.35. The summed E-state index contributed by atoms with van der Waals surface area (Å²) in [6.07, 6.45) is 0.298. The predicted octanol–water partition coefficient (Wildman–Crippen LogP) is 5.09. The van der Waals surface area contributed by atoms with Crippen molar-refractivity contribution in [3.05, 3.63) is 100 Å². The number of benzene rings is 3. The van der Waals surface area contributed by atoms with Gasteiger partial charge in [-0.3, -0.25) is 14.9 Å². The Balaban J connectivity index is 1.52. The van der Waals surface area contributed by atoms with Gasteiger partial charge in [-0.2, -0.15) is 0 Å². The van der Waals surface area contributed by atoms with Crippen LogP contribution in [0.1, 0.15) is 15.9 Å². The van der Waals surface area contributed by atoms with Crippen molar-refractivity contribution < 1.29 is 14.0 Å². The molecule has 2 N–H and O–H groups in total. The lowest BCUT2D eigenvalue weighted by atomic mass is 10.0. The molecule has 4 aromatic rings. The number of halogens is 2. The van der Waals surface area contributed by atoms with Crippen molar-refractivity contribution in [2.45, 2.75) is 12.5 Å². The topological polar surface area (TPSA) is 84.0 Å². The van der Waals surface area contributed by atoms with Crippen molar-refractivity contribution in [1.82, 2.24) is 15.5 Å². The predicted molar refractivity (Wildman–Crippen MR) is 129 cm³/mol. The van der Waals surface area contributed by atoms with Gasteiger partial charge in [0.25, 0.3) is 5.91 Å². The summed E-state index contributed by atoms with van der Waals surface area (Å²) in [6.45, 7) is 0. The molecule has 0 aliphatic carbocycles. The number of anilines is 1. The van der Waals surface area contributed by atoms with Crippen LogP contribution < -0.4 is 10.6 Å². The van der Waals surface area contributed by atoms with Crippen LogP contribution in [0.2, 0.25) is 0 Å². The molecule has 166 valence electrons. The van der Waals surface area contributed by atoms with Crippen LogP contribution >= 0.6 is 27.3 Å². The zero-order valence-electron chi connectivity index (χ0n) is 17.2. The molecule has 0 bridgehead atoms. The average Bonchev–Trinajstić information content (AvgIpc) is 3.28. The van der Waals surface area contributed by atoms with Crippen molar-refractivity contribution in [1.29, 1.82) is 0 Å². The van der Waals surface area contributed by atoms with Crippen LogP contribution in [-0.2, 0) is 11.2 Å². The van der Waals surface area contributed by atoms with Gasteiger partial charge in [0.1, 0.15) is 16.9 Å². The van der Waals surface area contributed by atoms with Crippen molar-refractivity contribution in [3.8, 4) is 10.6 Å². The van der Waals surface area contributed by atoms with E-state index in [-0.39, 0.29) is 16.9 Å². The summed E-state index contributed by atoms with van der Waals surface area (Å²) in [6, 6.07) is 21.4. The zero-order valence-corrected chi connectivity index (χ0v) is 19.6. The minimum Gasteiger partial charge on any atom is -0.340 e. The fourth-order valence-electron chi connectivity index (χ4n) is 3.12. The van der Waals surface area contributed by atoms with Crippen LogP contribution in [0.5, 0.6) is 0 Å². The molecule has 3 aromatic carbocycles. The van der Waals surface area contributed by atoms with E-state index in [4.69, 9.17) is 0 Å². The van der Waals surface area contributed by atoms with E-state index in [1.807, 2.05) is 36.4 Å². The van der Waals surface area contributed by atoms with E-state index >= 15 is 0 Å². The highest BCUT2D eigenvalue weighted by Crippen LogP contribution is 2.26. The first-order valence-electron chi connectivity index (χ1n) is 9.99. The van der Waals surface area contributed by atoms with Crippen molar-refractivity contribution >= 4 is 44.2 Å². The minimum atomic E-state index is -0.842. The normalized spacial score (nSPS) is 11.6. The molecule has 1 aromatic heterocycles. The number of amides is 2.